The van der Waals surface area contributed by atoms with Crippen LogP contribution in [0.15, 0.2) is 22.3 Å². The van der Waals surface area contributed by atoms with Crippen molar-refractivity contribution in [3.8, 4) is 0 Å². The molecule has 0 aliphatic heterocycles. The van der Waals surface area contributed by atoms with Crippen molar-refractivity contribution in [2.24, 2.45) is 5.92 Å². The molecule has 0 bridgehead atoms. The Morgan fingerprint density at radius 1 is 1.21 bits per heavy atom. The number of hydrogen-bond acceptors (Lipinski definition) is 2. The SMILES string of the molecule is CCOC(=O)CC1=C(CC)C2=C(CCCC2)C1CC. The molecule has 0 amide bonds. The summed E-state index contributed by atoms with van der Waals surface area (Å²) in [6.45, 7) is 6.82. The van der Waals surface area contributed by atoms with Crippen LogP contribution in [0.5, 0.6) is 0 Å². The van der Waals surface area contributed by atoms with Gasteiger partial charge in [-0.3, -0.25) is 4.79 Å². The lowest BCUT2D eigenvalue weighted by Crippen LogP contribution is -2.11. The van der Waals surface area contributed by atoms with Gasteiger partial charge in [0.05, 0.1) is 13.0 Å². The zero-order valence-corrected chi connectivity index (χ0v) is 12.6. The van der Waals surface area contributed by atoms with Crippen molar-refractivity contribution in [2.75, 3.05) is 6.61 Å². The van der Waals surface area contributed by atoms with E-state index >= 15 is 0 Å². The first-order valence-electron chi connectivity index (χ1n) is 7.82. The van der Waals surface area contributed by atoms with Gasteiger partial charge in [0.2, 0.25) is 0 Å². The summed E-state index contributed by atoms with van der Waals surface area (Å²) in [4.78, 5) is 11.9. The summed E-state index contributed by atoms with van der Waals surface area (Å²) < 4.78 is 5.15. The topological polar surface area (TPSA) is 26.3 Å². The molecule has 0 aromatic carbocycles. The van der Waals surface area contributed by atoms with E-state index in [1.54, 1.807) is 11.1 Å². The van der Waals surface area contributed by atoms with Crippen LogP contribution in [0.1, 0.15) is 65.7 Å². The minimum absolute atomic E-state index is 0.0539. The average molecular weight is 262 g/mol. The molecule has 0 fully saturated rings. The van der Waals surface area contributed by atoms with Gasteiger partial charge in [-0.2, -0.15) is 0 Å². The van der Waals surface area contributed by atoms with Crippen LogP contribution in [0.3, 0.4) is 0 Å². The van der Waals surface area contributed by atoms with Gasteiger partial charge in [-0.25, -0.2) is 0 Å². The van der Waals surface area contributed by atoms with Gasteiger partial charge in [0.25, 0.3) is 0 Å². The molecule has 0 aromatic heterocycles. The number of carbonyl (C=O) groups excluding carboxylic acids is 1. The first-order valence-corrected chi connectivity index (χ1v) is 7.82. The Bertz CT molecular complexity index is 415. The van der Waals surface area contributed by atoms with Gasteiger partial charge in [-0.1, -0.05) is 19.4 Å². The second-order valence-corrected chi connectivity index (χ2v) is 5.51. The maximum Gasteiger partial charge on any atom is 0.309 e. The predicted octanol–water partition coefficient (Wildman–Crippen LogP) is 4.56. The standard InChI is InChI=1S/C17H26O2/c1-4-12-14-9-7-8-10-15(14)13(5-2)16(12)11-17(18)19-6-3/h12H,4-11H2,1-3H3. The van der Waals surface area contributed by atoms with Crippen LogP contribution in [-0.2, 0) is 9.53 Å². The second-order valence-electron chi connectivity index (χ2n) is 5.51. The van der Waals surface area contributed by atoms with Crippen molar-refractivity contribution in [1.82, 2.24) is 0 Å². The Balaban J connectivity index is 2.26. The smallest absolute Gasteiger partial charge is 0.309 e. The molecule has 0 aromatic rings. The molecule has 2 nitrogen and oxygen atoms in total. The number of ether oxygens (including phenoxy) is 1. The molecule has 1 unspecified atom stereocenters. The maximum atomic E-state index is 11.9. The first kappa shape index (κ1) is 14.4. The van der Waals surface area contributed by atoms with Crippen LogP contribution in [0, 0.1) is 5.92 Å². The van der Waals surface area contributed by atoms with E-state index in [-0.39, 0.29) is 5.97 Å². The largest absolute Gasteiger partial charge is 0.466 e. The summed E-state index contributed by atoms with van der Waals surface area (Å²) in [6.07, 6.45) is 7.78. The number of rotatable bonds is 5. The third kappa shape index (κ3) is 2.77. The lowest BCUT2D eigenvalue weighted by molar-refractivity contribution is -0.142. The van der Waals surface area contributed by atoms with Gasteiger partial charge in [-0.15, -0.1) is 0 Å². The number of allylic oxidation sites excluding steroid dienone is 3. The molecule has 2 aliphatic carbocycles. The minimum atomic E-state index is -0.0539. The molecule has 0 spiro atoms. The molecule has 0 radical (unpaired) electrons. The molecule has 0 heterocycles. The monoisotopic (exact) mass is 262 g/mol. The van der Waals surface area contributed by atoms with Crippen LogP contribution < -0.4 is 0 Å². The van der Waals surface area contributed by atoms with E-state index in [4.69, 9.17) is 4.74 Å². The number of esters is 1. The molecule has 2 heteroatoms. The summed E-state index contributed by atoms with van der Waals surface area (Å²) in [5, 5.41) is 0. The van der Waals surface area contributed by atoms with Crippen molar-refractivity contribution < 1.29 is 9.53 Å². The lowest BCUT2D eigenvalue weighted by atomic mass is 9.85. The third-order valence-corrected chi connectivity index (χ3v) is 4.51. The van der Waals surface area contributed by atoms with Gasteiger partial charge >= 0.3 is 5.97 Å². The number of hydrogen-bond donors (Lipinski definition) is 0. The van der Waals surface area contributed by atoms with Crippen molar-refractivity contribution in [3.05, 3.63) is 22.3 Å². The van der Waals surface area contributed by atoms with Crippen LogP contribution in [0.2, 0.25) is 0 Å². The highest BCUT2D eigenvalue weighted by molar-refractivity contribution is 5.74. The summed E-state index contributed by atoms with van der Waals surface area (Å²) >= 11 is 0. The molecule has 2 rings (SSSR count). The van der Waals surface area contributed by atoms with Crippen LogP contribution >= 0.6 is 0 Å². The van der Waals surface area contributed by atoms with E-state index in [0.29, 0.717) is 18.9 Å². The maximum absolute atomic E-state index is 11.9. The fourth-order valence-corrected chi connectivity index (χ4v) is 3.80. The Hall–Kier alpha value is -1.05. The van der Waals surface area contributed by atoms with Crippen molar-refractivity contribution in [3.63, 3.8) is 0 Å². The zero-order valence-electron chi connectivity index (χ0n) is 12.6. The zero-order chi connectivity index (χ0) is 13.8. The van der Waals surface area contributed by atoms with Gasteiger partial charge < -0.3 is 4.74 Å². The van der Waals surface area contributed by atoms with E-state index < -0.39 is 0 Å². The molecular weight excluding hydrogens is 236 g/mol. The Morgan fingerprint density at radius 2 is 1.95 bits per heavy atom. The van der Waals surface area contributed by atoms with Crippen molar-refractivity contribution in [2.45, 2.75) is 65.7 Å². The highest BCUT2D eigenvalue weighted by Gasteiger charge is 2.33. The van der Waals surface area contributed by atoms with Gasteiger partial charge in [0.15, 0.2) is 0 Å². The van der Waals surface area contributed by atoms with E-state index in [1.807, 2.05) is 6.92 Å². The fourth-order valence-electron chi connectivity index (χ4n) is 3.80. The average Bonchev–Trinajstić information content (AvgIpc) is 2.71. The molecule has 2 aliphatic rings. The molecule has 0 saturated heterocycles. The summed E-state index contributed by atoms with van der Waals surface area (Å²) in [6, 6.07) is 0. The Morgan fingerprint density at radius 3 is 2.58 bits per heavy atom. The van der Waals surface area contributed by atoms with Crippen LogP contribution in [0.25, 0.3) is 0 Å². The van der Waals surface area contributed by atoms with Gasteiger partial charge in [0, 0.05) is 5.92 Å². The lowest BCUT2D eigenvalue weighted by Gasteiger charge is -2.20. The quantitative estimate of drug-likeness (QED) is 0.679. The van der Waals surface area contributed by atoms with Crippen molar-refractivity contribution >= 4 is 5.97 Å². The minimum Gasteiger partial charge on any atom is -0.466 e. The molecule has 106 valence electrons. The Kier molecular flexibility index (Phi) is 4.84. The van der Waals surface area contributed by atoms with Crippen LogP contribution in [-0.4, -0.2) is 12.6 Å². The van der Waals surface area contributed by atoms with Crippen LogP contribution in [0.4, 0.5) is 0 Å². The molecule has 19 heavy (non-hydrogen) atoms. The molecule has 1 atom stereocenters. The third-order valence-electron chi connectivity index (χ3n) is 4.51. The highest BCUT2D eigenvalue weighted by Crippen LogP contribution is 2.48. The molecule has 0 saturated carbocycles. The first-order chi connectivity index (χ1) is 9.22. The molecular formula is C17H26O2. The van der Waals surface area contributed by atoms with Gasteiger partial charge in [0.1, 0.15) is 0 Å². The normalized spacial score (nSPS) is 22.8. The van der Waals surface area contributed by atoms with Gasteiger partial charge in [-0.05, 0) is 62.2 Å². The van der Waals surface area contributed by atoms with E-state index in [9.17, 15) is 4.79 Å². The summed E-state index contributed by atoms with van der Waals surface area (Å²) in [5.74, 6) is 0.469. The van der Waals surface area contributed by atoms with E-state index in [1.165, 1.54) is 36.8 Å². The summed E-state index contributed by atoms with van der Waals surface area (Å²) in [5.41, 5.74) is 6.09. The fraction of sp³-hybridized carbons (Fsp3) is 0.706. The second kappa shape index (κ2) is 6.40. The summed E-state index contributed by atoms with van der Waals surface area (Å²) in [7, 11) is 0. The van der Waals surface area contributed by atoms with E-state index in [2.05, 4.69) is 13.8 Å². The number of carbonyl (C=O) groups is 1. The van der Waals surface area contributed by atoms with E-state index in [0.717, 1.165) is 12.8 Å². The Labute approximate surface area is 116 Å². The predicted molar refractivity (Wildman–Crippen MR) is 77.8 cm³/mol. The van der Waals surface area contributed by atoms with Crippen molar-refractivity contribution in [1.29, 1.82) is 0 Å². The highest BCUT2D eigenvalue weighted by atomic mass is 16.5. The molecule has 0 N–H and O–H groups in total.